The molecular formula is C12H20N4. The summed E-state index contributed by atoms with van der Waals surface area (Å²) in [5, 5.41) is 0. The van der Waals surface area contributed by atoms with Crippen molar-refractivity contribution in [1.29, 1.82) is 0 Å². The number of aliphatic imine (C=N–C) groups is 1. The maximum absolute atomic E-state index is 5.34. The Morgan fingerprint density at radius 2 is 1.88 bits per heavy atom. The van der Waals surface area contributed by atoms with Crippen LogP contribution in [0.25, 0.3) is 0 Å². The lowest BCUT2D eigenvalue weighted by Crippen LogP contribution is -2.34. The van der Waals surface area contributed by atoms with Crippen LogP contribution in [-0.2, 0) is 6.42 Å². The fourth-order valence-corrected chi connectivity index (χ4v) is 1.51. The van der Waals surface area contributed by atoms with E-state index >= 15 is 0 Å². The van der Waals surface area contributed by atoms with Crippen molar-refractivity contribution in [3.63, 3.8) is 0 Å². The van der Waals surface area contributed by atoms with E-state index in [2.05, 4.69) is 22.0 Å². The van der Waals surface area contributed by atoms with E-state index in [9.17, 15) is 0 Å². The van der Waals surface area contributed by atoms with Gasteiger partial charge in [0.25, 0.3) is 0 Å². The van der Waals surface area contributed by atoms with E-state index in [1.54, 1.807) is 0 Å². The Kier molecular flexibility index (Phi) is 4.79. The lowest BCUT2D eigenvalue weighted by atomic mass is 10.1. The van der Waals surface area contributed by atoms with Crippen molar-refractivity contribution in [2.45, 2.75) is 12.5 Å². The van der Waals surface area contributed by atoms with Crippen LogP contribution in [-0.4, -0.2) is 37.5 Å². The number of nitrogens with zero attached hydrogens (tertiary/aromatic N) is 2. The average Bonchev–Trinajstić information content (AvgIpc) is 2.25. The smallest absolute Gasteiger partial charge is 0.185 e. The summed E-state index contributed by atoms with van der Waals surface area (Å²) >= 11 is 0. The van der Waals surface area contributed by atoms with E-state index in [0.29, 0.717) is 12.6 Å². The number of benzene rings is 1. The summed E-state index contributed by atoms with van der Waals surface area (Å²) in [7, 11) is 4.08. The van der Waals surface area contributed by atoms with Crippen molar-refractivity contribution in [3.05, 3.63) is 35.9 Å². The van der Waals surface area contributed by atoms with Crippen molar-refractivity contribution in [1.82, 2.24) is 4.90 Å². The Hall–Kier alpha value is -1.55. The molecule has 0 bridgehead atoms. The third-order valence-corrected chi connectivity index (χ3v) is 2.53. The van der Waals surface area contributed by atoms with Gasteiger partial charge in [0, 0.05) is 6.04 Å². The van der Waals surface area contributed by atoms with Crippen LogP contribution in [0, 0.1) is 0 Å². The minimum Gasteiger partial charge on any atom is -0.370 e. The molecule has 0 aromatic heterocycles. The lowest BCUT2D eigenvalue weighted by Gasteiger charge is -2.22. The Morgan fingerprint density at radius 3 is 2.38 bits per heavy atom. The molecule has 0 aliphatic carbocycles. The molecule has 0 fully saturated rings. The summed E-state index contributed by atoms with van der Waals surface area (Å²) in [4.78, 5) is 6.21. The first kappa shape index (κ1) is 12.5. The quantitative estimate of drug-likeness (QED) is 0.558. The third kappa shape index (κ3) is 4.31. The molecule has 1 rings (SSSR count). The van der Waals surface area contributed by atoms with Crippen molar-refractivity contribution in [2.75, 3.05) is 20.6 Å². The van der Waals surface area contributed by atoms with E-state index < -0.39 is 0 Å². The van der Waals surface area contributed by atoms with E-state index in [4.69, 9.17) is 11.5 Å². The standard InChI is InChI=1S/C12H20N4/c1-16(2)11(9-15-12(13)14)8-10-6-4-3-5-7-10/h3-7,11H,8-9H2,1-2H3,(H4,13,14,15). The molecule has 0 saturated carbocycles. The first-order valence-corrected chi connectivity index (χ1v) is 5.35. The zero-order chi connectivity index (χ0) is 12.0. The number of likely N-dealkylation sites (N-methyl/N-ethyl adjacent to an activating group) is 1. The Bertz CT molecular complexity index is 328. The van der Waals surface area contributed by atoms with Crippen LogP contribution in [0.4, 0.5) is 0 Å². The minimum absolute atomic E-state index is 0.153. The van der Waals surface area contributed by atoms with E-state index in [1.165, 1.54) is 5.56 Å². The van der Waals surface area contributed by atoms with Crippen LogP contribution in [0.1, 0.15) is 5.56 Å². The highest BCUT2D eigenvalue weighted by atomic mass is 15.1. The van der Waals surface area contributed by atoms with Crippen molar-refractivity contribution in [2.24, 2.45) is 16.5 Å². The first-order chi connectivity index (χ1) is 7.59. The molecule has 0 radical (unpaired) electrons. The number of nitrogens with two attached hydrogens (primary N) is 2. The van der Waals surface area contributed by atoms with Crippen molar-refractivity contribution in [3.8, 4) is 0 Å². The Balaban J connectivity index is 2.62. The second kappa shape index (κ2) is 6.12. The molecule has 4 heteroatoms. The van der Waals surface area contributed by atoms with Gasteiger partial charge in [0.1, 0.15) is 0 Å². The fraction of sp³-hybridized carbons (Fsp3) is 0.417. The van der Waals surface area contributed by atoms with Crippen LogP contribution < -0.4 is 11.5 Å². The molecule has 1 aromatic rings. The van der Waals surface area contributed by atoms with Gasteiger partial charge in [-0.25, -0.2) is 0 Å². The highest BCUT2D eigenvalue weighted by molar-refractivity contribution is 5.75. The number of hydrogen-bond acceptors (Lipinski definition) is 2. The number of hydrogen-bond donors (Lipinski definition) is 2. The molecule has 16 heavy (non-hydrogen) atoms. The fourth-order valence-electron chi connectivity index (χ4n) is 1.51. The van der Waals surface area contributed by atoms with Gasteiger partial charge in [0.05, 0.1) is 6.54 Å². The normalized spacial score (nSPS) is 12.4. The molecule has 4 nitrogen and oxygen atoms in total. The third-order valence-electron chi connectivity index (χ3n) is 2.53. The zero-order valence-electron chi connectivity index (χ0n) is 9.93. The molecule has 0 spiro atoms. The molecule has 1 aromatic carbocycles. The van der Waals surface area contributed by atoms with Gasteiger partial charge < -0.3 is 16.4 Å². The predicted molar refractivity (Wildman–Crippen MR) is 68.3 cm³/mol. The van der Waals surface area contributed by atoms with Gasteiger partial charge in [0.15, 0.2) is 5.96 Å². The summed E-state index contributed by atoms with van der Waals surface area (Å²) in [5.41, 5.74) is 12.0. The van der Waals surface area contributed by atoms with Gasteiger partial charge in [0.2, 0.25) is 0 Å². The van der Waals surface area contributed by atoms with Gasteiger partial charge >= 0.3 is 0 Å². The molecule has 4 N–H and O–H groups in total. The summed E-state index contributed by atoms with van der Waals surface area (Å²) in [6.45, 7) is 0.629. The van der Waals surface area contributed by atoms with Crippen LogP contribution in [0.15, 0.2) is 35.3 Å². The highest BCUT2D eigenvalue weighted by Gasteiger charge is 2.11. The summed E-state index contributed by atoms with van der Waals surface area (Å²) in [5.74, 6) is 0.153. The predicted octanol–water partition coefficient (Wildman–Crippen LogP) is 0.433. The SMILES string of the molecule is CN(C)C(CN=C(N)N)Cc1ccccc1. The summed E-state index contributed by atoms with van der Waals surface area (Å²) in [6.07, 6.45) is 0.949. The van der Waals surface area contributed by atoms with Crippen molar-refractivity contribution >= 4 is 5.96 Å². The lowest BCUT2D eigenvalue weighted by molar-refractivity contribution is 0.298. The Labute approximate surface area is 97.0 Å². The highest BCUT2D eigenvalue weighted by Crippen LogP contribution is 2.06. The van der Waals surface area contributed by atoms with Crippen LogP contribution >= 0.6 is 0 Å². The molecule has 0 amide bonds. The van der Waals surface area contributed by atoms with Gasteiger partial charge in [-0.1, -0.05) is 30.3 Å². The second-order valence-electron chi connectivity index (χ2n) is 4.07. The molecule has 1 atom stereocenters. The van der Waals surface area contributed by atoms with Crippen molar-refractivity contribution < 1.29 is 0 Å². The molecule has 0 heterocycles. The van der Waals surface area contributed by atoms with Crippen LogP contribution in [0.5, 0.6) is 0 Å². The zero-order valence-corrected chi connectivity index (χ0v) is 9.93. The minimum atomic E-state index is 0.153. The topological polar surface area (TPSA) is 67.6 Å². The van der Waals surface area contributed by atoms with E-state index in [-0.39, 0.29) is 5.96 Å². The first-order valence-electron chi connectivity index (χ1n) is 5.35. The van der Waals surface area contributed by atoms with Gasteiger partial charge in [-0.3, -0.25) is 4.99 Å². The van der Waals surface area contributed by atoms with Gasteiger partial charge in [-0.05, 0) is 26.1 Å². The second-order valence-corrected chi connectivity index (χ2v) is 4.07. The molecule has 0 aliphatic rings. The molecular weight excluding hydrogens is 200 g/mol. The largest absolute Gasteiger partial charge is 0.370 e. The Morgan fingerprint density at radius 1 is 1.25 bits per heavy atom. The van der Waals surface area contributed by atoms with Gasteiger partial charge in [-0.2, -0.15) is 0 Å². The number of guanidine groups is 1. The molecule has 1 unspecified atom stereocenters. The van der Waals surface area contributed by atoms with Crippen LogP contribution in [0.3, 0.4) is 0 Å². The number of rotatable bonds is 5. The van der Waals surface area contributed by atoms with E-state index in [1.807, 2.05) is 32.3 Å². The van der Waals surface area contributed by atoms with Gasteiger partial charge in [-0.15, -0.1) is 0 Å². The maximum Gasteiger partial charge on any atom is 0.185 e. The molecule has 0 saturated heterocycles. The summed E-state index contributed by atoms with van der Waals surface area (Å²) < 4.78 is 0. The monoisotopic (exact) mass is 220 g/mol. The average molecular weight is 220 g/mol. The van der Waals surface area contributed by atoms with E-state index in [0.717, 1.165) is 6.42 Å². The molecule has 88 valence electrons. The maximum atomic E-state index is 5.34. The summed E-state index contributed by atoms with van der Waals surface area (Å²) in [6, 6.07) is 10.7. The van der Waals surface area contributed by atoms with Crippen LogP contribution in [0.2, 0.25) is 0 Å². The molecule has 0 aliphatic heterocycles.